The molecule has 0 aliphatic rings. The van der Waals surface area contributed by atoms with Gasteiger partial charge in [0.2, 0.25) is 0 Å². The highest BCUT2D eigenvalue weighted by Crippen LogP contribution is 2.21. The molecule has 0 fully saturated rings. The Labute approximate surface area is 162 Å². The van der Waals surface area contributed by atoms with Crippen molar-refractivity contribution >= 4 is 5.91 Å². The van der Waals surface area contributed by atoms with Crippen molar-refractivity contribution in [3.8, 4) is 11.5 Å². The van der Waals surface area contributed by atoms with Crippen LogP contribution in [0.3, 0.4) is 0 Å². The summed E-state index contributed by atoms with van der Waals surface area (Å²) in [6.07, 6.45) is 1.88. The van der Waals surface area contributed by atoms with Gasteiger partial charge in [-0.05, 0) is 68.9 Å². The first-order valence-corrected chi connectivity index (χ1v) is 9.77. The Kier molecular flexibility index (Phi) is 8.18. The van der Waals surface area contributed by atoms with Gasteiger partial charge in [0.25, 0.3) is 5.91 Å². The summed E-state index contributed by atoms with van der Waals surface area (Å²) < 4.78 is 11.6. The molecule has 2 aromatic rings. The molecule has 1 atom stereocenters. The third-order valence-corrected chi connectivity index (χ3v) is 4.47. The Bertz CT molecular complexity index is 742. The second kappa shape index (κ2) is 10.6. The first-order chi connectivity index (χ1) is 13.0. The van der Waals surface area contributed by atoms with Crippen molar-refractivity contribution in [3.63, 3.8) is 0 Å². The summed E-state index contributed by atoms with van der Waals surface area (Å²) in [6, 6.07) is 14.1. The summed E-state index contributed by atoms with van der Waals surface area (Å²) in [6.45, 7) is 9.24. The number of hydrogen-bond acceptors (Lipinski definition) is 3. The maximum Gasteiger partial charge on any atom is 0.261 e. The van der Waals surface area contributed by atoms with Crippen LogP contribution in [0.5, 0.6) is 11.5 Å². The van der Waals surface area contributed by atoms with Gasteiger partial charge in [0.05, 0.1) is 6.61 Å². The second-order valence-electron chi connectivity index (χ2n) is 6.72. The third kappa shape index (κ3) is 6.31. The van der Waals surface area contributed by atoms with E-state index in [1.165, 1.54) is 5.56 Å². The molecular formula is C23H31NO3. The fourth-order valence-electron chi connectivity index (χ4n) is 2.92. The van der Waals surface area contributed by atoms with Gasteiger partial charge in [0.15, 0.2) is 6.10 Å². The number of aryl methyl sites for hydroxylation is 3. The smallest absolute Gasteiger partial charge is 0.261 e. The third-order valence-electron chi connectivity index (χ3n) is 4.47. The summed E-state index contributed by atoms with van der Waals surface area (Å²) in [4.78, 5) is 12.5. The van der Waals surface area contributed by atoms with Crippen LogP contribution in [-0.4, -0.2) is 25.2 Å². The Morgan fingerprint density at radius 2 is 1.85 bits per heavy atom. The number of carbonyl (C=O) groups excluding carboxylic acids is 1. The number of hydrogen-bond donors (Lipinski definition) is 1. The molecule has 27 heavy (non-hydrogen) atoms. The van der Waals surface area contributed by atoms with Crippen molar-refractivity contribution in [2.24, 2.45) is 0 Å². The van der Waals surface area contributed by atoms with Gasteiger partial charge in [-0.1, -0.05) is 37.3 Å². The SMILES string of the molecule is CCOc1ccccc1CCCNC(=O)C(CC)Oc1cc(C)ccc1C. The zero-order chi connectivity index (χ0) is 19.6. The molecule has 1 unspecified atom stereocenters. The number of para-hydroxylation sites is 1. The van der Waals surface area contributed by atoms with E-state index in [1.807, 2.05) is 64.1 Å². The number of ether oxygens (including phenoxy) is 2. The number of benzene rings is 2. The van der Waals surface area contributed by atoms with Crippen molar-refractivity contribution in [1.82, 2.24) is 5.32 Å². The average molecular weight is 370 g/mol. The molecule has 1 amide bonds. The first kappa shape index (κ1) is 20.8. The Hall–Kier alpha value is -2.49. The molecule has 0 saturated carbocycles. The van der Waals surface area contributed by atoms with E-state index in [0.717, 1.165) is 35.5 Å². The van der Waals surface area contributed by atoms with E-state index in [-0.39, 0.29) is 5.91 Å². The van der Waals surface area contributed by atoms with Crippen LogP contribution < -0.4 is 14.8 Å². The minimum atomic E-state index is -0.471. The number of amides is 1. The molecule has 0 radical (unpaired) electrons. The molecule has 2 aromatic carbocycles. The standard InChI is InChI=1S/C23H31NO3/c1-5-20(27-22-16-17(3)13-14-18(22)4)23(25)24-15-9-11-19-10-7-8-12-21(19)26-6-2/h7-8,10,12-14,16,20H,5-6,9,11,15H2,1-4H3,(H,24,25). The van der Waals surface area contributed by atoms with E-state index in [4.69, 9.17) is 9.47 Å². The van der Waals surface area contributed by atoms with Crippen LogP contribution in [0.15, 0.2) is 42.5 Å². The van der Waals surface area contributed by atoms with Crippen LogP contribution in [-0.2, 0) is 11.2 Å². The van der Waals surface area contributed by atoms with Crippen LogP contribution >= 0.6 is 0 Å². The molecule has 0 saturated heterocycles. The lowest BCUT2D eigenvalue weighted by molar-refractivity contribution is -0.128. The molecule has 4 nitrogen and oxygen atoms in total. The predicted molar refractivity (Wildman–Crippen MR) is 110 cm³/mol. The molecule has 0 heterocycles. The molecule has 0 aliphatic heterocycles. The summed E-state index contributed by atoms with van der Waals surface area (Å²) in [5.41, 5.74) is 3.34. The number of carbonyl (C=O) groups is 1. The van der Waals surface area contributed by atoms with Gasteiger partial charge >= 0.3 is 0 Å². The van der Waals surface area contributed by atoms with E-state index in [9.17, 15) is 4.79 Å². The first-order valence-electron chi connectivity index (χ1n) is 9.77. The highest BCUT2D eigenvalue weighted by molar-refractivity contribution is 5.81. The maximum atomic E-state index is 12.5. The molecule has 0 aliphatic carbocycles. The Balaban J connectivity index is 1.84. The normalized spacial score (nSPS) is 11.7. The lowest BCUT2D eigenvalue weighted by atomic mass is 10.1. The van der Waals surface area contributed by atoms with Gasteiger partial charge < -0.3 is 14.8 Å². The fraction of sp³-hybridized carbons (Fsp3) is 0.435. The molecule has 2 rings (SSSR count). The average Bonchev–Trinajstić information content (AvgIpc) is 2.67. The summed E-state index contributed by atoms with van der Waals surface area (Å²) in [5, 5.41) is 3.00. The van der Waals surface area contributed by atoms with Gasteiger partial charge in [-0.15, -0.1) is 0 Å². The minimum Gasteiger partial charge on any atom is -0.494 e. The van der Waals surface area contributed by atoms with Crippen molar-refractivity contribution in [2.45, 2.75) is 53.1 Å². The van der Waals surface area contributed by atoms with Crippen molar-refractivity contribution < 1.29 is 14.3 Å². The summed E-state index contributed by atoms with van der Waals surface area (Å²) >= 11 is 0. The quantitative estimate of drug-likeness (QED) is 0.622. The topological polar surface area (TPSA) is 47.6 Å². The van der Waals surface area contributed by atoms with Crippen LogP contribution in [0.4, 0.5) is 0 Å². The van der Waals surface area contributed by atoms with Crippen LogP contribution in [0.1, 0.15) is 43.4 Å². The van der Waals surface area contributed by atoms with Crippen LogP contribution in [0.2, 0.25) is 0 Å². The molecule has 4 heteroatoms. The minimum absolute atomic E-state index is 0.0588. The van der Waals surface area contributed by atoms with E-state index in [1.54, 1.807) is 0 Å². The van der Waals surface area contributed by atoms with Gasteiger partial charge in [-0.2, -0.15) is 0 Å². The van der Waals surface area contributed by atoms with Gasteiger partial charge in [0, 0.05) is 6.54 Å². The molecule has 0 spiro atoms. The highest BCUT2D eigenvalue weighted by atomic mass is 16.5. The number of rotatable bonds is 10. The van der Waals surface area contributed by atoms with E-state index >= 15 is 0 Å². The zero-order valence-electron chi connectivity index (χ0n) is 16.9. The molecule has 146 valence electrons. The highest BCUT2D eigenvalue weighted by Gasteiger charge is 2.18. The largest absolute Gasteiger partial charge is 0.494 e. The van der Waals surface area contributed by atoms with Crippen LogP contribution in [0, 0.1) is 13.8 Å². The van der Waals surface area contributed by atoms with Crippen molar-refractivity contribution in [3.05, 3.63) is 59.2 Å². The van der Waals surface area contributed by atoms with E-state index < -0.39 is 6.10 Å². The zero-order valence-corrected chi connectivity index (χ0v) is 16.9. The fourth-order valence-corrected chi connectivity index (χ4v) is 2.92. The van der Waals surface area contributed by atoms with E-state index in [0.29, 0.717) is 19.6 Å². The van der Waals surface area contributed by atoms with Crippen molar-refractivity contribution in [1.29, 1.82) is 0 Å². The molecular weight excluding hydrogens is 338 g/mol. The van der Waals surface area contributed by atoms with Gasteiger partial charge in [-0.25, -0.2) is 0 Å². The predicted octanol–water partition coefficient (Wildman–Crippen LogP) is 4.61. The maximum absolute atomic E-state index is 12.5. The van der Waals surface area contributed by atoms with Crippen molar-refractivity contribution in [2.75, 3.05) is 13.2 Å². The van der Waals surface area contributed by atoms with Gasteiger partial charge in [0.1, 0.15) is 11.5 Å². The lowest BCUT2D eigenvalue weighted by Crippen LogP contribution is -2.38. The van der Waals surface area contributed by atoms with Crippen LogP contribution in [0.25, 0.3) is 0 Å². The van der Waals surface area contributed by atoms with E-state index in [2.05, 4.69) is 11.4 Å². The Morgan fingerprint density at radius 1 is 1.07 bits per heavy atom. The van der Waals surface area contributed by atoms with Gasteiger partial charge in [-0.3, -0.25) is 4.79 Å². The molecule has 0 bridgehead atoms. The summed E-state index contributed by atoms with van der Waals surface area (Å²) in [5.74, 6) is 1.65. The monoisotopic (exact) mass is 369 g/mol. The second-order valence-corrected chi connectivity index (χ2v) is 6.72. The lowest BCUT2D eigenvalue weighted by Gasteiger charge is -2.19. The molecule has 0 aromatic heterocycles. The number of nitrogens with one attached hydrogen (secondary N) is 1. The molecule has 1 N–H and O–H groups in total. The summed E-state index contributed by atoms with van der Waals surface area (Å²) in [7, 11) is 0. The Morgan fingerprint density at radius 3 is 2.59 bits per heavy atom.